The maximum atomic E-state index is 5.48. The average molecular weight is 384 g/mol. The molecule has 2 aliphatic heterocycles. The summed E-state index contributed by atoms with van der Waals surface area (Å²) in [5, 5.41) is 4.99. The van der Waals surface area contributed by atoms with Gasteiger partial charge in [0.05, 0.1) is 12.6 Å². The first-order valence-corrected chi connectivity index (χ1v) is 10.5. The van der Waals surface area contributed by atoms with Crippen molar-refractivity contribution in [1.82, 2.24) is 14.8 Å². The molecule has 6 nitrogen and oxygen atoms in total. The van der Waals surface area contributed by atoms with Gasteiger partial charge < -0.3 is 24.8 Å². The number of nitrogens with one attached hydrogen (secondary N) is 1. The van der Waals surface area contributed by atoms with Gasteiger partial charge in [-0.1, -0.05) is 0 Å². The average Bonchev–Trinajstić information content (AvgIpc) is 2.94. The first-order chi connectivity index (χ1) is 13.6. The summed E-state index contributed by atoms with van der Waals surface area (Å²) in [7, 11) is 6.13. The van der Waals surface area contributed by atoms with Crippen molar-refractivity contribution in [3.63, 3.8) is 0 Å². The number of fused-ring (bicyclic) bond motifs is 1. The van der Waals surface area contributed by atoms with Crippen molar-refractivity contribution in [3.8, 4) is 5.75 Å². The van der Waals surface area contributed by atoms with Gasteiger partial charge in [0.2, 0.25) is 0 Å². The summed E-state index contributed by atoms with van der Waals surface area (Å²) >= 11 is 0. The number of likely N-dealkylation sites (N-methyl/N-ethyl adjacent to an activating group) is 1. The van der Waals surface area contributed by atoms with Crippen LogP contribution in [0.3, 0.4) is 0 Å². The number of rotatable bonds is 4. The number of pyridine rings is 1. The molecule has 4 rings (SSSR count). The van der Waals surface area contributed by atoms with Crippen molar-refractivity contribution in [3.05, 3.63) is 24.3 Å². The van der Waals surface area contributed by atoms with Crippen LogP contribution in [0, 0.1) is 0 Å². The molecule has 0 radical (unpaired) electrons. The number of nitrogens with zero attached hydrogens (tertiary/aromatic N) is 4. The molecule has 2 fully saturated rings. The van der Waals surface area contributed by atoms with Gasteiger partial charge in [0.15, 0.2) is 0 Å². The van der Waals surface area contributed by atoms with E-state index in [4.69, 9.17) is 9.72 Å². The summed E-state index contributed by atoms with van der Waals surface area (Å²) in [5.74, 6) is 1.97. The van der Waals surface area contributed by atoms with Gasteiger partial charge in [-0.05, 0) is 71.2 Å². The van der Waals surface area contributed by atoms with E-state index in [0.29, 0.717) is 6.04 Å². The minimum atomic E-state index is 0.510. The van der Waals surface area contributed by atoms with Gasteiger partial charge in [0.25, 0.3) is 0 Å². The van der Waals surface area contributed by atoms with Gasteiger partial charge >= 0.3 is 0 Å². The van der Waals surface area contributed by atoms with Crippen LogP contribution in [0.15, 0.2) is 24.3 Å². The highest BCUT2D eigenvalue weighted by Gasteiger charge is 2.20. The maximum Gasteiger partial charge on any atom is 0.131 e. The molecule has 28 heavy (non-hydrogen) atoms. The van der Waals surface area contributed by atoms with Gasteiger partial charge in [-0.2, -0.15) is 0 Å². The Hall–Kier alpha value is -2.05. The summed E-state index contributed by atoms with van der Waals surface area (Å²) in [6, 6.07) is 8.97. The lowest BCUT2D eigenvalue weighted by Gasteiger charge is -2.31. The standard InChI is InChI=1S/C22H33N5O/c1-25-9-4-10-27(14-13-25)22-16-21(23-17-7-11-26(2)12-8-17)19-15-18(28-3)5-6-20(19)24-22/h5-6,15-17H,4,7-14H2,1-3H3,(H,23,24). The van der Waals surface area contributed by atoms with Crippen molar-refractivity contribution >= 4 is 22.4 Å². The van der Waals surface area contributed by atoms with Gasteiger partial charge in [0, 0.05) is 42.8 Å². The van der Waals surface area contributed by atoms with Crippen molar-refractivity contribution in [2.75, 3.05) is 70.7 Å². The molecule has 1 aromatic heterocycles. The summed E-state index contributed by atoms with van der Waals surface area (Å²) in [4.78, 5) is 12.3. The second-order valence-electron chi connectivity index (χ2n) is 8.28. The number of hydrogen-bond acceptors (Lipinski definition) is 6. The number of benzene rings is 1. The minimum Gasteiger partial charge on any atom is -0.497 e. The lowest BCUT2D eigenvalue weighted by Crippen LogP contribution is -2.36. The van der Waals surface area contributed by atoms with Crippen LogP contribution in [0.1, 0.15) is 19.3 Å². The molecule has 0 amide bonds. The Morgan fingerprint density at radius 1 is 0.964 bits per heavy atom. The molecular formula is C22H33N5O. The molecule has 1 aromatic carbocycles. The molecule has 0 unspecified atom stereocenters. The van der Waals surface area contributed by atoms with E-state index in [9.17, 15) is 0 Å². The molecule has 1 N–H and O–H groups in total. The molecule has 2 aliphatic rings. The van der Waals surface area contributed by atoms with Gasteiger partial charge in [-0.15, -0.1) is 0 Å². The fraction of sp³-hybridized carbons (Fsp3) is 0.591. The van der Waals surface area contributed by atoms with Crippen LogP contribution in [0.2, 0.25) is 0 Å². The largest absolute Gasteiger partial charge is 0.497 e. The Kier molecular flexibility index (Phi) is 5.87. The molecule has 2 aromatic rings. The van der Waals surface area contributed by atoms with E-state index in [0.717, 1.165) is 61.7 Å². The van der Waals surface area contributed by atoms with Crippen molar-refractivity contribution < 1.29 is 4.74 Å². The third-order valence-corrected chi connectivity index (χ3v) is 6.12. The predicted molar refractivity (Wildman–Crippen MR) is 117 cm³/mol. The van der Waals surface area contributed by atoms with Crippen LogP contribution < -0.4 is 15.0 Å². The topological polar surface area (TPSA) is 43.9 Å². The zero-order chi connectivity index (χ0) is 19.5. The third-order valence-electron chi connectivity index (χ3n) is 6.12. The SMILES string of the molecule is COc1ccc2nc(N3CCCN(C)CC3)cc(NC3CCN(C)CC3)c2c1. The van der Waals surface area contributed by atoms with Crippen molar-refractivity contribution in [2.45, 2.75) is 25.3 Å². The van der Waals surface area contributed by atoms with E-state index in [-0.39, 0.29) is 0 Å². The minimum absolute atomic E-state index is 0.510. The second-order valence-corrected chi connectivity index (χ2v) is 8.28. The monoisotopic (exact) mass is 383 g/mol. The van der Waals surface area contributed by atoms with Crippen LogP contribution in [-0.2, 0) is 0 Å². The zero-order valence-corrected chi connectivity index (χ0v) is 17.4. The quantitative estimate of drug-likeness (QED) is 0.876. The Labute approximate surface area is 168 Å². The number of piperidine rings is 1. The Balaban J connectivity index is 1.67. The van der Waals surface area contributed by atoms with E-state index in [1.54, 1.807) is 7.11 Å². The first kappa shape index (κ1) is 19.3. The maximum absolute atomic E-state index is 5.48. The van der Waals surface area contributed by atoms with Gasteiger partial charge in [-0.25, -0.2) is 4.98 Å². The fourth-order valence-electron chi connectivity index (χ4n) is 4.25. The van der Waals surface area contributed by atoms with Crippen LogP contribution >= 0.6 is 0 Å². The van der Waals surface area contributed by atoms with Crippen LogP contribution in [0.5, 0.6) is 5.75 Å². The highest BCUT2D eigenvalue weighted by atomic mass is 16.5. The summed E-state index contributed by atoms with van der Waals surface area (Å²) < 4.78 is 5.48. The highest BCUT2D eigenvalue weighted by Crippen LogP contribution is 2.32. The number of anilines is 2. The van der Waals surface area contributed by atoms with Crippen LogP contribution in [0.4, 0.5) is 11.5 Å². The number of ether oxygens (including phenoxy) is 1. The van der Waals surface area contributed by atoms with Crippen molar-refractivity contribution in [1.29, 1.82) is 0 Å². The van der Waals surface area contributed by atoms with E-state index in [1.807, 2.05) is 6.07 Å². The lowest BCUT2D eigenvalue weighted by atomic mass is 10.0. The predicted octanol–water partition coefficient (Wildman–Crippen LogP) is 2.89. The van der Waals surface area contributed by atoms with Crippen LogP contribution in [-0.4, -0.2) is 81.3 Å². The summed E-state index contributed by atoms with van der Waals surface area (Å²) in [6.07, 6.45) is 3.53. The molecule has 0 spiro atoms. The van der Waals surface area contributed by atoms with E-state index < -0.39 is 0 Å². The molecule has 3 heterocycles. The number of methoxy groups -OCH3 is 1. The second kappa shape index (κ2) is 8.53. The molecule has 0 bridgehead atoms. The number of hydrogen-bond donors (Lipinski definition) is 1. The lowest BCUT2D eigenvalue weighted by molar-refractivity contribution is 0.264. The van der Waals surface area contributed by atoms with E-state index in [2.05, 4.69) is 52.3 Å². The first-order valence-electron chi connectivity index (χ1n) is 10.5. The number of likely N-dealkylation sites (tertiary alicyclic amines) is 1. The molecule has 0 saturated carbocycles. The van der Waals surface area contributed by atoms with Crippen molar-refractivity contribution in [2.24, 2.45) is 0 Å². The van der Waals surface area contributed by atoms with Gasteiger partial charge in [0.1, 0.15) is 11.6 Å². The Morgan fingerprint density at radius 3 is 2.54 bits per heavy atom. The van der Waals surface area contributed by atoms with Gasteiger partial charge in [-0.3, -0.25) is 0 Å². The Bertz CT molecular complexity index is 803. The zero-order valence-electron chi connectivity index (χ0n) is 17.4. The molecule has 6 heteroatoms. The number of aromatic nitrogens is 1. The van der Waals surface area contributed by atoms with E-state index in [1.165, 1.54) is 24.9 Å². The van der Waals surface area contributed by atoms with Crippen LogP contribution in [0.25, 0.3) is 10.9 Å². The molecule has 0 atom stereocenters. The normalized spacial score (nSPS) is 20.3. The summed E-state index contributed by atoms with van der Waals surface area (Å²) in [5.41, 5.74) is 2.22. The Morgan fingerprint density at radius 2 is 1.75 bits per heavy atom. The molecular weight excluding hydrogens is 350 g/mol. The third kappa shape index (κ3) is 4.33. The molecule has 152 valence electrons. The molecule has 0 aliphatic carbocycles. The van der Waals surface area contributed by atoms with E-state index >= 15 is 0 Å². The summed E-state index contributed by atoms with van der Waals surface area (Å²) in [6.45, 7) is 6.62. The fourth-order valence-corrected chi connectivity index (χ4v) is 4.25. The highest BCUT2D eigenvalue weighted by molar-refractivity contribution is 5.94. The smallest absolute Gasteiger partial charge is 0.131 e. The molecule has 2 saturated heterocycles.